The summed E-state index contributed by atoms with van der Waals surface area (Å²) in [5.74, 6) is 0.117. The molecule has 0 aliphatic rings. The van der Waals surface area contributed by atoms with Gasteiger partial charge in [-0.2, -0.15) is 9.97 Å². The molecule has 0 amide bonds. The highest BCUT2D eigenvalue weighted by Crippen LogP contribution is 2.34. The van der Waals surface area contributed by atoms with Gasteiger partial charge in [0.1, 0.15) is 11.3 Å². The molecule has 0 bridgehead atoms. The molecule has 4 aromatic heterocycles. The van der Waals surface area contributed by atoms with E-state index in [1.165, 1.54) is 33.2 Å². The molecule has 4 aromatic rings. The lowest BCUT2D eigenvalue weighted by Crippen LogP contribution is -2.25. The van der Waals surface area contributed by atoms with E-state index in [4.69, 9.17) is 4.74 Å². The molecular formula is C18H18F2N6O. The molecule has 0 atom stereocenters. The van der Waals surface area contributed by atoms with Crippen LogP contribution >= 0.6 is 0 Å². The van der Waals surface area contributed by atoms with Gasteiger partial charge in [0.05, 0.1) is 19.0 Å². The number of hydrogen-bond donors (Lipinski definition) is 2. The molecule has 0 aromatic carbocycles. The van der Waals surface area contributed by atoms with Gasteiger partial charge in [-0.05, 0) is 19.9 Å². The van der Waals surface area contributed by atoms with Crippen LogP contribution in [0, 0.1) is 5.82 Å². The summed E-state index contributed by atoms with van der Waals surface area (Å²) in [6.45, 7) is 2.98. The highest BCUT2D eigenvalue weighted by atomic mass is 19.1. The molecule has 4 rings (SSSR count). The van der Waals surface area contributed by atoms with E-state index < -0.39 is 11.5 Å². The number of aromatic nitrogens is 5. The number of imidazole rings is 1. The minimum absolute atomic E-state index is 0.0533. The van der Waals surface area contributed by atoms with Gasteiger partial charge < -0.3 is 19.4 Å². The predicted molar refractivity (Wildman–Crippen MR) is 98.3 cm³/mol. The third-order valence-electron chi connectivity index (χ3n) is 4.11. The standard InChI is InChI=1S/C18H18F2N6O/c1-18(2,20)9-23-17-24-14-13(16(25-17)27-3)11(7-22-14)10-6-12(19)15-21-4-5-26(15)8-10/h4-8H,9H2,1-3H3,(H2,22,23,24,25). The lowest BCUT2D eigenvalue weighted by molar-refractivity contribution is 0.234. The van der Waals surface area contributed by atoms with Crippen LogP contribution in [0.4, 0.5) is 14.7 Å². The maximum absolute atomic E-state index is 14.3. The number of hydrogen-bond acceptors (Lipinski definition) is 5. The van der Waals surface area contributed by atoms with Crippen LogP contribution in [-0.2, 0) is 0 Å². The fourth-order valence-electron chi connectivity index (χ4n) is 2.88. The van der Waals surface area contributed by atoms with E-state index in [-0.39, 0.29) is 18.1 Å². The fourth-order valence-corrected chi connectivity index (χ4v) is 2.88. The van der Waals surface area contributed by atoms with Crippen LogP contribution in [0.3, 0.4) is 0 Å². The first kappa shape index (κ1) is 17.2. The van der Waals surface area contributed by atoms with Crippen LogP contribution in [0.2, 0.25) is 0 Å². The molecule has 2 N–H and O–H groups in total. The van der Waals surface area contributed by atoms with Crippen LogP contribution in [0.15, 0.2) is 30.9 Å². The van der Waals surface area contributed by atoms with E-state index in [9.17, 15) is 8.78 Å². The SMILES string of the molecule is COc1nc(NCC(C)(C)F)nc2[nH]cc(-c3cc(F)c4nccn4c3)c12. The molecule has 0 aliphatic heterocycles. The Kier molecular flexibility index (Phi) is 3.94. The summed E-state index contributed by atoms with van der Waals surface area (Å²) in [6.07, 6.45) is 6.68. The summed E-state index contributed by atoms with van der Waals surface area (Å²) < 4.78 is 35.1. The second-order valence-electron chi connectivity index (χ2n) is 6.79. The zero-order valence-electron chi connectivity index (χ0n) is 15.0. The lowest BCUT2D eigenvalue weighted by atomic mass is 10.1. The van der Waals surface area contributed by atoms with Crippen LogP contribution in [0.1, 0.15) is 13.8 Å². The molecule has 0 saturated carbocycles. The summed E-state index contributed by atoms with van der Waals surface area (Å²) in [7, 11) is 1.49. The van der Waals surface area contributed by atoms with Gasteiger partial charge in [0.25, 0.3) is 0 Å². The average Bonchev–Trinajstić information content (AvgIpc) is 3.25. The van der Waals surface area contributed by atoms with Gasteiger partial charge in [0.15, 0.2) is 11.5 Å². The Hall–Kier alpha value is -3.23. The molecule has 0 radical (unpaired) electrons. The van der Waals surface area contributed by atoms with Crippen molar-refractivity contribution in [2.45, 2.75) is 19.5 Å². The molecule has 0 unspecified atom stereocenters. The quantitative estimate of drug-likeness (QED) is 0.560. The van der Waals surface area contributed by atoms with Gasteiger partial charge in [0.2, 0.25) is 11.8 Å². The van der Waals surface area contributed by atoms with Gasteiger partial charge in [-0.1, -0.05) is 0 Å². The number of rotatable bonds is 5. The highest BCUT2D eigenvalue weighted by molar-refractivity contribution is 5.97. The molecular weight excluding hydrogens is 354 g/mol. The number of H-pyrrole nitrogens is 1. The van der Waals surface area contributed by atoms with E-state index >= 15 is 0 Å². The molecule has 140 valence electrons. The highest BCUT2D eigenvalue weighted by Gasteiger charge is 2.19. The third-order valence-corrected chi connectivity index (χ3v) is 4.11. The number of anilines is 1. The first-order chi connectivity index (χ1) is 12.9. The Morgan fingerprint density at radius 3 is 2.89 bits per heavy atom. The number of halogens is 2. The van der Waals surface area contributed by atoms with E-state index in [2.05, 4.69) is 25.3 Å². The summed E-state index contributed by atoms with van der Waals surface area (Å²) >= 11 is 0. The monoisotopic (exact) mass is 372 g/mol. The largest absolute Gasteiger partial charge is 0.480 e. The predicted octanol–water partition coefficient (Wildman–Crippen LogP) is 3.58. The van der Waals surface area contributed by atoms with Crippen molar-refractivity contribution in [3.63, 3.8) is 0 Å². The molecule has 7 nitrogen and oxygen atoms in total. The van der Waals surface area contributed by atoms with Crippen molar-refractivity contribution < 1.29 is 13.5 Å². The van der Waals surface area contributed by atoms with E-state index in [0.717, 1.165) is 0 Å². The maximum atomic E-state index is 14.3. The number of fused-ring (bicyclic) bond motifs is 2. The Morgan fingerprint density at radius 2 is 2.15 bits per heavy atom. The second-order valence-corrected chi connectivity index (χ2v) is 6.79. The van der Waals surface area contributed by atoms with Gasteiger partial charge in [-0.25, -0.2) is 13.8 Å². The first-order valence-electron chi connectivity index (χ1n) is 8.34. The molecule has 0 spiro atoms. The van der Waals surface area contributed by atoms with Crippen molar-refractivity contribution in [2.75, 3.05) is 19.0 Å². The fraction of sp³-hybridized carbons (Fsp3) is 0.278. The first-order valence-corrected chi connectivity index (χ1v) is 8.34. The van der Waals surface area contributed by atoms with Crippen molar-refractivity contribution in [3.8, 4) is 17.0 Å². The maximum Gasteiger partial charge on any atom is 0.228 e. The van der Waals surface area contributed by atoms with Gasteiger partial charge in [-0.15, -0.1) is 0 Å². The number of aromatic amines is 1. The number of ether oxygens (including phenoxy) is 1. The van der Waals surface area contributed by atoms with E-state index in [1.54, 1.807) is 23.0 Å². The minimum atomic E-state index is -1.41. The van der Waals surface area contributed by atoms with Crippen LogP contribution in [0.5, 0.6) is 5.88 Å². The lowest BCUT2D eigenvalue weighted by Gasteiger charge is -2.15. The van der Waals surface area contributed by atoms with Crippen LogP contribution in [0.25, 0.3) is 27.8 Å². The Labute approximate surface area is 153 Å². The van der Waals surface area contributed by atoms with E-state index in [1.807, 2.05) is 0 Å². The summed E-state index contributed by atoms with van der Waals surface area (Å²) in [6, 6.07) is 1.40. The number of alkyl halides is 1. The zero-order chi connectivity index (χ0) is 19.2. The van der Waals surface area contributed by atoms with Crippen molar-refractivity contribution in [3.05, 3.63) is 36.7 Å². The molecule has 27 heavy (non-hydrogen) atoms. The van der Waals surface area contributed by atoms with Gasteiger partial charge in [0, 0.05) is 35.9 Å². The van der Waals surface area contributed by atoms with Crippen molar-refractivity contribution in [1.29, 1.82) is 0 Å². The summed E-state index contributed by atoms with van der Waals surface area (Å²) in [5.41, 5.74) is 0.652. The Bertz CT molecular complexity index is 1130. The summed E-state index contributed by atoms with van der Waals surface area (Å²) in [4.78, 5) is 15.7. The topological polar surface area (TPSA) is 80.1 Å². The minimum Gasteiger partial charge on any atom is -0.480 e. The molecule has 0 fully saturated rings. The number of nitrogens with one attached hydrogen (secondary N) is 2. The molecule has 4 heterocycles. The summed E-state index contributed by atoms with van der Waals surface area (Å²) in [5, 5.41) is 3.47. The molecule has 0 aliphatic carbocycles. The van der Waals surface area contributed by atoms with Gasteiger partial charge in [-0.3, -0.25) is 0 Å². The number of pyridine rings is 1. The van der Waals surface area contributed by atoms with Crippen LogP contribution < -0.4 is 10.1 Å². The Morgan fingerprint density at radius 1 is 1.33 bits per heavy atom. The van der Waals surface area contributed by atoms with Crippen molar-refractivity contribution in [1.82, 2.24) is 24.3 Å². The van der Waals surface area contributed by atoms with E-state index in [0.29, 0.717) is 28.0 Å². The number of methoxy groups -OCH3 is 1. The second kappa shape index (κ2) is 6.19. The Balaban J connectivity index is 1.82. The van der Waals surface area contributed by atoms with Crippen molar-refractivity contribution >= 4 is 22.6 Å². The van der Waals surface area contributed by atoms with Crippen molar-refractivity contribution in [2.24, 2.45) is 0 Å². The molecule has 9 heteroatoms. The van der Waals surface area contributed by atoms with Gasteiger partial charge >= 0.3 is 0 Å². The smallest absolute Gasteiger partial charge is 0.228 e. The average molecular weight is 372 g/mol. The zero-order valence-corrected chi connectivity index (χ0v) is 15.0. The normalized spacial score (nSPS) is 12.0. The molecule has 0 saturated heterocycles. The third kappa shape index (κ3) is 3.16. The number of nitrogens with zero attached hydrogens (tertiary/aromatic N) is 4. The van der Waals surface area contributed by atoms with Crippen LogP contribution in [-0.4, -0.2) is 43.7 Å².